The molecule has 0 radical (unpaired) electrons. The van der Waals surface area contributed by atoms with Crippen molar-refractivity contribution in [1.29, 1.82) is 0 Å². The first-order valence-electron chi connectivity index (χ1n) is 10.2. The molecule has 1 atom stereocenters. The molecule has 28 heavy (non-hydrogen) atoms. The first-order valence-corrected chi connectivity index (χ1v) is 10.2. The lowest BCUT2D eigenvalue weighted by atomic mass is 9.86. The monoisotopic (exact) mass is 374 g/mol. The molecule has 0 N–H and O–H groups in total. The molecule has 3 nitrogen and oxygen atoms in total. The van der Waals surface area contributed by atoms with Crippen molar-refractivity contribution in [2.75, 3.05) is 0 Å². The van der Waals surface area contributed by atoms with Gasteiger partial charge in [-0.05, 0) is 54.5 Å². The Bertz CT molecular complexity index is 1100. The van der Waals surface area contributed by atoms with E-state index in [9.17, 15) is 9.59 Å². The summed E-state index contributed by atoms with van der Waals surface area (Å²) in [6.07, 6.45) is 6.09. The maximum Gasteiger partial charge on any atom is 0.192 e. The number of carbonyl (C=O) groups excluding carboxylic acids is 1. The number of hydrogen-bond donors (Lipinski definition) is 0. The average molecular weight is 374 g/mol. The fraction of sp³-hybridized carbons (Fsp3) is 0.360. The van der Waals surface area contributed by atoms with E-state index in [1.54, 1.807) is 6.92 Å². The minimum Gasteiger partial charge on any atom is -0.463 e. The number of ketones is 1. The van der Waals surface area contributed by atoms with Crippen molar-refractivity contribution >= 4 is 16.8 Å². The molecular formula is C25H26O3. The number of fused-ring (bicyclic) bond motifs is 5. The first-order chi connectivity index (χ1) is 13.5. The summed E-state index contributed by atoms with van der Waals surface area (Å²) in [5, 5.41) is 0.598. The van der Waals surface area contributed by atoms with Crippen molar-refractivity contribution in [3.8, 4) is 11.1 Å². The average Bonchev–Trinajstić information content (AvgIpc) is 3.02. The Balaban J connectivity index is 1.91. The topological polar surface area (TPSA) is 47.3 Å². The smallest absolute Gasteiger partial charge is 0.192 e. The summed E-state index contributed by atoms with van der Waals surface area (Å²) < 4.78 is 5.82. The predicted molar refractivity (Wildman–Crippen MR) is 113 cm³/mol. The molecule has 1 aromatic heterocycles. The predicted octanol–water partition coefficient (Wildman–Crippen LogP) is 6.32. The molecule has 0 saturated carbocycles. The molecule has 0 fully saturated rings. The zero-order valence-electron chi connectivity index (χ0n) is 16.7. The van der Waals surface area contributed by atoms with Gasteiger partial charge in [0.2, 0.25) is 0 Å². The number of rotatable bonds is 6. The van der Waals surface area contributed by atoms with E-state index in [2.05, 4.69) is 26.0 Å². The van der Waals surface area contributed by atoms with Gasteiger partial charge in [-0.1, -0.05) is 44.9 Å². The van der Waals surface area contributed by atoms with Crippen LogP contribution in [0.5, 0.6) is 0 Å². The fourth-order valence-electron chi connectivity index (χ4n) is 4.61. The molecule has 4 rings (SSSR count). The molecule has 3 heteroatoms. The van der Waals surface area contributed by atoms with E-state index in [0.717, 1.165) is 23.5 Å². The molecule has 0 saturated heterocycles. The molecule has 3 aromatic rings. The second kappa shape index (κ2) is 7.38. The maximum atomic E-state index is 12.3. The van der Waals surface area contributed by atoms with Crippen LogP contribution in [0.3, 0.4) is 0 Å². The summed E-state index contributed by atoms with van der Waals surface area (Å²) in [5.74, 6) is 1.05. The molecule has 0 amide bonds. The van der Waals surface area contributed by atoms with Crippen molar-refractivity contribution in [2.45, 2.75) is 52.4 Å². The number of carbonyl (C=O) groups is 1. The van der Waals surface area contributed by atoms with E-state index in [0.29, 0.717) is 16.5 Å². The normalized spacial score (nSPS) is 15.1. The zero-order chi connectivity index (χ0) is 19.8. The largest absolute Gasteiger partial charge is 0.463 e. The third-order valence-electron chi connectivity index (χ3n) is 6.36. The van der Waals surface area contributed by atoms with Gasteiger partial charge in [0.25, 0.3) is 0 Å². The highest BCUT2D eigenvalue weighted by atomic mass is 16.3. The summed E-state index contributed by atoms with van der Waals surface area (Å²) in [6.45, 7) is 6.10. The Kier molecular flexibility index (Phi) is 4.92. The molecule has 1 heterocycles. The highest BCUT2D eigenvalue weighted by Crippen LogP contribution is 2.50. The Morgan fingerprint density at radius 2 is 1.82 bits per heavy atom. The molecule has 1 aliphatic carbocycles. The van der Waals surface area contributed by atoms with Crippen LogP contribution in [0.2, 0.25) is 0 Å². The highest BCUT2D eigenvalue weighted by Gasteiger charge is 2.32. The zero-order valence-corrected chi connectivity index (χ0v) is 16.7. The molecule has 144 valence electrons. The van der Waals surface area contributed by atoms with Crippen LogP contribution in [-0.4, -0.2) is 5.78 Å². The van der Waals surface area contributed by atoms with Crippen molar-refractivity contribution < 1.29 is 9.21 Å². The fourth-order valence-corrected chi connectivity index (χ4v) is 4.61. The Labute approximate surface area is 165 Å². The van der Waals surface area contributed by atoms with Gasteiger partial charge in [0, 0.05) is 23.1 Å². The van der Waals surface area contributed by atoms with Crippen LogP contribution >= 0.6 is 0 Å². The number of hydrogen-bond acceptors (Lipinski definition) is 3. The van der Waals surface area contributed by atoms with E-state index in [4.69, 9.17) is 4.42 Å². The van der Waals surface area contributed by atoms with Crippen LogP contribution in [0.4, 0.5) is 0 Å². The van der Waals surface area contributed by atoms with Crippen molar-refractivity contribution in [1.82, 2.24) is 0 Å². The second-order valence-corrected chi connectivity index (χ2v) is 7.86. The quantitative estimate of drug-likeness (QED) is 0.474. The van der Waals surface area contributed by atoms with Gasteiger partial charge in [0.15, 0.2) is 11.2 Å². The highest BCUT2D eigenvalue weighted by molar-refractivity contribution is 6.01. The van der Waals surface area contributed by atoms with Crippen LogP contribution in [0, 0.1) is 5.92 Å². The SMILES string of the molecule is CCC(CC)CCC1c2ccc(C(C)=O)cc2-c2c1ccc1c(=O)ccoc21. The van der Waals surface area contributed by atoms with Gasteiger partial charge in [-0.3, -0.25) is 9.59 Å². The van der Waals surface area contributed by atoms with Crippen LogP contribution in [0.1, 0.15) is 73.9 Å². The molecular weight excluding hydrogens is 348 g/mol. The third kappa shape index (κ3) is 2.99. The van der Waals surface area contributed by atoms with Gasteiger partial charge in [0.1, 0.15) is 5.58 Å². The van der Waals surface area contributed by atoms with E-state index in [-0.39, 0.29) is 17.1 Å². The maximum absolute atomic E-state index is 12.3. The Hall–Kier alpha value is -2.68. The lowest BCUT2D eigenvalue weighted by molar-refractivity contribution is 0.101. The molecule has 1 unspecified atom stereocenters. The summed E-state index contributed by atoms with van der Waals surface area (Å²) >= 11 is 0. The standard InChI is InChI=1S/C25H26O3/c1-4-16(5-2)6-8-18-19-9-7-17(15(3)26)14-22(19)24-20(18)10-11-21-23(27)12-13-28-25(21)24/h7,9-14,16,18H,4-6,8H2,1-3H3. The van der Waals surface area contributed by atoms with Gasteiger partial charge in [-0.25, -0.2) is 0 Å². The lowest BCUT2D eigenvalue weighted by Gasteiger charge is -2.18. The van der Waals surface area contributed by atoms with Crippen LogP contribution in [0.15, 0.2) is 51.9 Å². The molecule has 0 bridgehead atoms. The van der Waals surface area contributed by atoms with Crippen molar-refractivity contribution in [3.05, 3.63) is 69.6 Å². The summed E-state index contributed by atoms with van der Waals surface area (Å²) in [6, 6.07) is 11.4. The summed E-state index contributed by atoms with van der Waals surface area (Å²) in [5.41, 5.74) is 5.78. The van der Waals surface area contributed by atoms with E-state index < -0.39 is 0 Å². The van der Waals surface area contributed by atoms with Gasteiger partial charge in [-0.15, -0.1) is 0 Å². The molecule has 0 aliphatic heterocycles. The summed E-state index contributed by atoms with van der Waals surface area (Å²) in [4.78, 5) is 24.3. The molecule has 1 aliphatic rings. The third-order valence-corrected chi connectivity index (χ3v) is 6.36. The van der Waals surface area contributed by atoms with Gasteiger partial charge in [0.05, 0.1) is 11.6 Å². The minimum atomic E-state index is -0.0335. The number of Topliss-reactive ketones (excluding diaryl/α,β-unsaturated/α-hetero) is 1. The number of benzene rings is 2. The molecule has 0 spiro atoms. The van der Waals surface area contributed by atoms with Crippen molar-refractivity contribution in [3.63, 3.8) is 0 Å². The lowest BCUT2D eigenvalue weighted by Crippen LogP contribution is -2.04. The van der Waals surface area contributed by atoms with E-state index in [1.807, 2.05) is 18.2 Å². The Morgan fingerprint density at radius 3 is 2.54 bits per heavy atom. The van der Waals surface area contributed by atoms with Gasteiger partial charge in [-0.2, -0.15) is 0 Å². The van der Waals surface area contributed by atoms with Crippen LogP contribution in [0.25, 0.3) is 22.1 Å². The van der Waals surface area contributed by atoms with E-state index >= 15 is 0 Å². The summed E-state index contributed by atoms with van der Waals surface area (Å²) in [7, 11) is 0. The first kappa shape index (κ1) is 18.7. The Morgan fingerprint density at radius 1 is 1.07 bits per heavy atom. The second-order valence-electron chi connectivity index (χ2n) is 7.86. The van der Waals surface area contributed by atoms with E-state index in [1.165, 1.54) is 42.7 Å². The van der Waals surface area contributed by atoms with Crippen LogP contribution < -0.4 is 5.43 Å². The molecule has 2 aromatic carbocycles. The minimum absolute atomic E-state index is 0.0335. The van der Waals surface area contributed by atoms with Crippen molar-refractivity contribution in [2.24, 2.45) is 5.92 Å². The van der Waals surface area contributed by atoms with Gasteiger partial charge < -0.3 is 4.42 Å². The van der Waals surface area contributed by atoms with Gasteiger partial charge >= 0.3 is 0 Å². The van der Waals surface area contributed by atoms with Crippen LogP contribution in [-0.2, 0) is 0 Å².